The number of nitrogens with zero attached hydrogens (tertiary/aromatic N) is 2. The first kappa shape index (κ1) is 25.5. The third-order valence-corrected chi connectivity index (χ3v) is 5.38. The summed E-state index contributed by atoms with van der Waals surface area (Å²) in [5, 5.41) is 15.8. The second-order valence-electron chi connectivity index (χ2n) is 9.44. The summed E-state index contributed by atoms with van der Waals surface area (Å²) in [7, 11) is 0. The number of aromatic amines is 1. The van der Waals surface area contributed by atoms with Crippen molar-refractivity contribution in [3.63, 3.8) is 0 Å². The lowest BCUT2D eigenvalue weighted by Gasteiger charge is -2.25. The summed E-state index contributed by atoms with van der Waals surface area (Å²) in [5.74, 6) is -1.67. The quantitative estimate of drug-likeness (QED) is 0.404. The minimum atomic E-state index is -1.16. The molecule has 2 amide bonds. The summed E-state index contributed by atoms with van der Waals surface area (Å²) in [6.45, 7) is 5.07. The number of nitrogens with one attached hydrogen (secondary N) is 2. The maximum atomic E-state index is 13.0. The van der Waals surface area contributed by atoms with E-state index in [9.17, 15) is 24.3 Å². The minimum absolute atomic E-state index is 0.0712. The number of aromatic hydroxyl groups is 1. The van der Waals surface area contributed by atoms with E-state index in [0.717, 1.165) is 0 Å². The van der Waals surface area contributed by atoms with Crippen molar-refractivity contribution in [2.75, 3.05) is 11.4 Å². The molecule has 1 fully saturated rings. The third kappa shape index (κ3) is 6.34. The zero-order valence-electron chi connectivity index (χ0n) is 20.4. The van der Waals surface area contributed by atoms with Crippen LogP contribution in [0.1, 0.15) is 26.3 Å². The summed E-state index contributed by atoms with van der Waals surface area (Å²) in [4.78, 5) is 53.2. The van der Waals surface area contributed by atoms with Gasteiger partial charge in [0.15, 0.2) is 11.9 Å². The van der Waals surface area contributed by atoms with Gasteiger partial charge in [0, 0.05) is 17.7 Å². The lowest BCUT2D eigenvalue weighted by Crippen LogP contribution is -2.49. The third-order valence-electron chi connectivity index (χ3n) is 5.38. The average Bonchev–Trinajstić information content (AvgIpc) is 3.44. The number of carbonyl (C=O) groups excluding carboxylic acids is 3. The molecule has 194 valence electrons. The van der Waals surface area contributed by atoms with Gasteiger partial charge in [-0.15, -0.1) is 0 Å². The summed E-state index contributed by atoms with van der Waals surface area (Å²) in [6.07, 6.45) is -1.78. The molecule has 0 aliphatic carbocycles. The van der Waals surface area contributed by atoms with Crippen molar-refractivity contribution in [1.29, 1.82) is 0 Å². The van der Waals surface area contributed by atoms with E-state index in [1.807, 2.05) is 0 Å². The first-order valence-electron chi connectivity index (χ1n) is 11.4. The molecular weight excluding hydrogens is 484 g/mol. The highest BCUT2D eigenvalue weighted by Crippen LogP contribution is 2.25. The average molecular weight is 511 g/mol. The van der Waals surface area contributed by atoms with Crippen LogP contribution in [-0.4, -0.2) is 57.5 Å². The largest absolute Gasteiger partial charge is 0.508 e. The fraction of sp³-hybridized carbons (Fsp3) is 0.320. The van der Waals surface area contributed by atoms with Gasteiger partial charge in [-0.2, -0.15) is 0 Å². The first-order chi connectivity index (χ1) is 17.5. The number of anilines is 1. The number of H-pyrrole nitrogens is 1. The molecule has 12 nitrogen and oxygen atoms in total. The molecule has 0 spiro atoms. The van der Waals surface area contributed by atoms with E-state index in [2.05, 4.69) is 20.0 Å². The Morgan fingerprint density at radius 3 is 2.43 bits per heavy atom. The molecular formula is C25H26N4O8. The molecule has 12 heteroatoms. The van der Waals surface area contributed by atoms with E-state index < -0.39 is 41.5 Å². The highest BCUT2D eigenvalue weighted by molar-refractivity contribution is 5.96. The number of hydrogen-bond acceptors (Lipinski definition) is 9. The molecule has 1 unspecified atom stereocenters. The number of aromatic nitrogens is 2. The Morgan fingerprint density at radius 2 is 1.84 bits per heavy atom. The first-order valence-corrected chi connectivity index (χ1v) is 11.4. The van der Waals surface area contributed by atoms with Crippen LogP contribution in [0.3, 0.4) is 0 Å². The summed E-state index contributed by atoms with van der Waals surface area (Å²) in [6, 6.07) is 11.6. The molecule has 3 N–H and O–H groups in total. The van der Waals surface area contributed by atoms with Crippen LogP contribution >= 0.6 is 0 Å². The summed E-state index contributed by atoms with van der Waals surface area (Å²) in [5.41, 5.74) is 0.928. The standard InChI is InChI=1S/C25H26N4O8/c1-25(2,3)36-22(32)18(12-14-4-10-17(30)11-5-14)26-21(31)19-13-29(24(34)35-19)16-8-6-15(7-9-16)20-27-23(33)37-28-20/h4-11,18-19,30H,12-13H2,1-3H3,(H,26,31)(H,27,28,33)/t18-,19?/m1/s1. The Kier molecular flexibility index (Phi) is 7.00. The Hall–Kier alpha value is -4.61. The predicted molar refractivity (Wildman–Crippen MR) is 130 cm³/mol. The van der Waals surface area contributed by atoms with Gasteiger partial charge in [0.05, 0.1) is 6.54 Å². The molecule has 1 saturated heterocycles. The molecule has 4 rings (SSSR count). The van der Waals surface area contributed by atoms with Crippen LogP contribution in [0.5, 0.6) is 5.75 Å². The van der Waals surface area contributed by atoms with Crippen molar-refractivity contribution in [2.45, 2.75) is 44.9 Å². The van der Waals surface area contributed by atoms with E-state index in [4.69, 9.17) is 9.47 Å². The number of amides is 2. The van der Waals surface area contributed by atoms with Crippen molar-refractivity contribution >= 4 is 23.7 Å². The van der Waals surface area contributed by atoms with E-state index in [1.165, 1.54) is 17.0 Å². The number of benzene rings is 2. The highest BCUT2D eigenvalue weighted by Gasteiger charge is 2.39. The molecule has 0 saturated carbocycles. The van der Waals surface area contributed by atoms with Crippen LogP contribution < -0.4 is 16.0 Å². The van der Waals surface area contributed by atoms with Crippen LogP contribution in [0, 0.1) is 0 Å². The maximum Gasteiger partial charge on any atom is 0.439 e. The molecule has 2 atom stereocenters. The van der Waals surface area contributed by atoms with Crippen molar-refractivity contribution < 1.29 is 33.5 Å². The fourth-order valence-corrected chi connectivity index (χ4v) is 3.66. The molecule has 1 aliphatic rings. The van der Waals surface area contributed by atoms with Gasteiger partial charge in [0.2, 0.25) is 0 Å². The van der Waals surface area contributed by atoms with Crippen molar-refractivity contribution in [3.05, 3.63) is 64.6 Å². The molecule has 0 radical (unpaired) electrons. The molecule has 1 aromatic heterocycles. The monoisotopic (exact) mass is 510 g/mol. The number of phenolic OH excluding ortho intramolecular Hbond substituents is 1. The number of phenols is 1. The fourth-order valence-electron chi connectivity index (χ4n) is 3.66. The van der Waals surface area contributed by atoms with Gasteiger partial charge >= 0.3 is 17.8 Å². The lowest BCUT2D eigenvalue weighted by atomic mass is 10.0. The molecule has 2 heterocycles. The normalized spacial score (nSPS) is 16.2. The predicted octanol–water partition coefficient (Wildman–Crippen LogP) is 2.13. The van der Waals surface area contributed by atoms with Gasteiger partial charge < -0.3 is 19.9 Å². The van der Waals surface area contributed by atoms with Crippen LogP contribution in [0.25, 0.3) is 11.4 Å². The number of carbonyl (C=O) groups is 3. The van der Waals surface area contributed by atoms with E-state index in [0.29, 0.717) is 16.8 Å². The Labute approximate surface area is 211 Å². The number of ether oxygens (including phenoxy) is 2. The van der Waals surface area contributed by atoms with Crippen LogP contribution in [0.4, 0.5) is 10.5 Å². The summed E-state index contributed by atoms with van der Waals surface area (Å²) < 4.78 is 15.2. The Bertz CT molecular complexity index is 1340. The smallest absolute Gasteiger partial charge is 0.439 e. The molecule has 37 heavy (non-hydrogen) atoms. The van der Waals surface area contributed by atoms with Gasteiger partial charge in [0.1, 0.15) is 17.4 Å². The molecule has 3 aromatic rings. The molecule has 1 aliphatic heterocycles. The summed E-state index contributed by atoms with van der Waals surface area (Å²) >= 11 is 0. The Morgan fingerprint density at radius 1 is 1.16 bits per heavy atom. The van der Waals surface area contributed by atoms with Crippen LogP contribution in [0.2, 0.25) is 0 Å². The molecule has 2 aromatic carbocycles. The number of rotatable bonds is 7. The second kappa shape index (κ2) is 10.2. The number of esters is 1. The zero-order chi connectivity index (χ0) is 26.7. The Balaban J connectivity index is 1.45. The van der Waals surface area contributed by atoms with Crippen LogP contribution in [0.15, 0.2) is 57.8 Å². The maximum absolute atomic E-state index is 13.0. The van der Waals surface area contributed by atoms with Crippen molar-refractivity contribution in [2.24, 2.45) is 0 Å². The lowest BCUT2D eigenvalue weighted by molar-refractivity contribution is -0.159. The van der Waals surface area contributed by atoms with Gasteiger partial charge in [-0.05, 0) is 62.7 Å². The highest BCUT2D eigenvalue weighted by atomic mass is 16.6. The van der Waals surface area contributed by atoms with E-state index in [-0.39, 0.29) is 24.5 Å². The van der Waals surface area contributed by atoms with Crippen molar-refractivity contribution in [1.82, 2.24) is 15.5 Å². The van der Waals surface area contributed by atoms with Gasteiger partial charge in [0.25, 0.3) is 5.91 Å². The minimum Gasteiger partial charge on any atom is -0.508 e. The van der Waals surface area contributed by atoms with Gasteiger partial charge in [-0.3, -0.25) is 19.2 Å². The number of cyclic esters (lactones) is 1. The molecule has 0 bridgehead atoms. The van der Waals surface area contributed by atoms with Crippen LogP contribution in [-0.2, 0) is 25.5 Å². The second-order valence-corrected chi connectivity index (χ2v) is 9.44. The number of hydrogen-bond donors (Lipinski definition) is 3. The topological polar surface area (TPSA) is 164 Å². The van der Waals surface area contributed by atoms with E-state index >= 15 is 0 Å². The van der Waals surface area contributed by atoms with Gasteiger partial charge in [-0.1, -0.05) is 17.3 Å². The van der Waals surface area contributed by atoms with Gasteiger partial charge in [-0.25, -0.2) is 14.4 Å². The van der Waals surface area contributed by atoms with E-state index in [1.54, 1.807) is 57.2 Å². The SMILES string of the molecule is CC(C)(C)OC(=O)[C@@H](Cc1ccc(O)cc1)NC(=O)C1CN(c2ccc(-c3noc(=O)[nH]3)cc2)C(=O)O1. The zero-order valence-corrected chi connectivity index (χ0v) is 20.4. The van der Waals surface area contributed by atoms with Crippen molar-refractivity contribution in [3.8, 4) is 17.1 Å².